The highest BCUT2D eigenvalue weighted by Crippen LogP contribution is 2.03. The molecular formula is C14H24O4. The van der Waals surface area contributed by atoms with E-state index >= 15 is 0 Å². The first-order chi connectivity index (χ1) is 8.60. The van der Waals surface area contributed by atoms with Crippen LogP contribution in [-0.2, 0) is 19.1 Å². The summed E-state index contributed by atoms with van der Waals surface area (Å²) in [5, 5.41) is 0. The van der Waals surface area contributed by atoms with Crippen molar-refractivity contribution in [1.29, 1.82) is 0 Å². The number of allylic oxidation sites excluding steroid dienone is 1. The van der Waals surface area contributed by atoms with Crippen LogP contribution in [0.1, 0.15) is 52.9 Å². The first-order valence-corrected chi connectivity index (χ1v) is 6.59. The Morgan fingerprint density at radius 3 is 2.56 bits per heavy atom. The largest absolute Gasteiger partial charge is 0.466 e. The average Bonchev–Trinajstić information content (AvgIpc) is 2.28. The van der Waals surface area contributed by atoms with Crippen molar-refractivity contribution in [1.82, 2.24) is 0 Å². The zero-order chi connectivity index (χ0) is 13.8. The van der Waals surface area contributed by atoms with Crippen molar-refractivity contribution < 1.29 is 19.1 Å². The molecule has 0 bridgehead atoms. The van der Waals surface area contributed by atoms with E-state index in [2.05, 4.69) is 6.92 Å². The van der Waals surface area contributed by atoms with Gasteiger partial charge in [-0.15, -0.1) is 0 Å². The van der Waals surface area contributed by atoms with Crippen molar-refractivity contribution in [3.05, 3.63) is 12.2 Å². The van der Waals surface area contributed by atoms with Gasteiger partial charge in [-0.3, -0.25) is 4.79 Å². The van der Waals surface area contributed by atoms with Gasteiger partial charge in [-0.1, -0.05) is 32.3 Å². The summed E-state index contributed by atoms with van der Waals surface area (Å²) in [5.74, 6) is -0.743. The van der Waals surface area contributed by atoms with Gasteiger partial charge in [-0.25, -0.2) is 4.79 Å². The fourth-order valence-electron chi connectivity index (χ4n) is 1.42. The lowest BCUT2D eigenvalue weighted by atomic mass is 10.2. The van der Waals surface area contributed by atoms with Gasteiger partial charge in [0.2, 0.25) is 0 Å². The molecule has 0 aliphatic heterocycles. The van der Waals surface area contributed by atoms with E-state index < -0.39 is 12.1 Å². The molecule has 0 N–H and O–H groups in total. The van der Waals surface area contributed by atoms with Gasteiger partial charge in [-0.2, -0.15) is 0 Å². The molecule has 0 aliphatic rings. The van der Waals surface area contributed by atoms with Gasteiger partial charge in [0.1, 0.15) is 6.10 Å². The molecule has 0 spiro atoms. The maximum Gasteiger partial charge on any atom is 0.330 e. The van der Waals surface area contributed by atoms with Gasteiger partial charge in [0.25, 0.3) is 0 Å². The van der Waals surface area contributed by atoms with E-state index in [1.165, 1.54) is 6.08 Å². The Labute approximate surface area is 109 Å². The fraction of sp³-hybridized carbons (Fsp3) is 0.714. The summed E-state index contributed by atoms with van der Waals surface area (Å²) in [4.78, 5) is 22.5. The quantitative estimate of drug-likeness (QED) is 0.361. The topological polar surface area (TPSA) is 52.6 Å². The Morgan fingerprint density at radius 2 is 1.94 bits per heavy atom. The Bertz CT molecular complexity index is 271. The molecule has 0 saturated carbocycles. The van der Waals surface area contributed by atoms with Crippen LogP contribution < -0.4 is 0 Å². The number of unbranched alkanes of at least 4 members (excludes halogenated alkanes) is 3. The number of esters is 2. The highest BCUT2D eigenvalue weighted by Gasteiger charge is 2.13. The van der Waals surface area contributed by atoms with Crippen LogP contribution in [-0.4, -0.2) is 24.6 Å². The van der Waals surface area contributed by atoms with E-state index in [0.29, 0.717) is 6.61 Å². The molecule has 0 aromatic carbocycles. The summed E-state index contributed by atoms with van der Waals surface area (Å²) in [6, 6.07) is 0. The van der Waals surface area contributed by atoms with E-state index in [1.807, 2.05) is 0 Å². The zero-order valence-electron chi connectivity index (χ0n) is 11.6. The van der Waals surface area contributed by atoms with Crippen molar-refractivity contribution in [2.45, 2.75) is 59.0 Å². The van der Waals surface area contributed by atoms with Crippen LogP contribution in [0.15, 0.2) is 12.2 Å². The SMILES string of the molecule is C/C=C/C(=O)O[C@H](C)CC(=O)OCCCCCC. The average molecular weight is 256 g/mol. The summed E-state index contributed by atoms with van der Waals surface area (Å²) in [6.45, 7) is 6.00. The molecule has 18 heavy (non-hydrogen) atoms. The predicted molar refractivity (Wildman–Crippen MR) is 70.1 cm³/mol. The van der Waals surface area contributed by atoms with Gasteiger partial charge in [0.15, 0.2) is 0 Å². The molecule has 0 fully saturated rings. The van der Waals surface area contributed by atoms with Crippen LogP contribution in [0.3, 0.4) is 0 Å². The van der Waals surface area contributed by atoms with Crippen molar-refractivity contribution in [2.75, 3.05) is 6.61 Å². The first kappa shape index (κ1) is 16.7. The van der Waals surface area contributed by atoms with Crippen LogP contribution >= 0.6 is 0 Å². The molecule has 0 rings (SSSR count). The van der Waals surface area contributed by atoms with Gasteiger partial charge < -0.3 is 9.47 Å². The van der Waals surface area contributed by atoms with E-state index in [4.69, 9.17) is 9.47 Å². The third-order valence-corrected chi connectivity index (χ3v) is 2.34. The van der Waals surface area contributed by atoms with Crippen molar-refractivity contribution >= 4 is 11.9 Å². The van der Waals surface area contributed by atoms with Crippen LogP contribution in [0.5, 0.6) is 0 Å². The third-order valence-electron chi connectivity index (χ3n) is 2.34. The first-order valence-electron chi connectivity index (χ1n) is 6.59. The normalized spacial score (nSPS) is 12.4. The maximum absolute atomic E-state index is 11.4. The number of carbonyl (C=O) groups is 2. The Morgan fingerprint density at radius 1 is 1.22 bits per heavy atom. The molecule has 4 heteroatoms. The van der Waals surface area contributed by atoms with Gasteiger partial charge in [-0.05, 0) is 20.3 Å². The number of rotatable bonds is 9. The second kappa shape index (κ2) is 10.8. The summed E-state index contributed by atoms with van der Waals surface area (Å²) in [5.41, 5.74) is 0. The summed E-state index contributed by atoms with van der Waals surface area (Å²) < 4.78 is 10.0. The van der Waals surface area contributed by atoms with Gasteiger partial charge in [0, 0.05) is 6.08 Å². The van der Waals surface area contributed by atoms with Crippen molar-refractivity contribution in [3.63, 3.8) is 0 Å². The molecule has 0 heterocycles. The Kier molecular flexibility index (Phi) is 10.0. The maximum atomic E-state index is 11.4. The van der Waals surface area contributed by atoms with Crippen LogP contribution in [0.25, 0.3) is 0 Å². The molecule has 1 atom stereocenters. The minimum absolute atomic E-state index is 0.108. The van der Waals surface area contributed by atoms with Gasteiger partial charge in [0.05, 0.1) is 13.0 Å². The molecule has 4 nitrogen and oxygen atoms in total. The third kappa shape index (κ3) is 9.87. The lowest BCUT2D eigenvalue weighted by Crippen LogP contribution is -2.19. The fourth-order valence-corrected chi connectivity index (χ4v) is 1.42. The molecule has 0 aromatic heterocycles. The monoisotopic (exact) mass is 256 g/mol. The molecule has 0 saturated heterocycles. The molecule has 0 aromatic rings. The second-order valence-corrected chi connectivity index (χ2v) is 4.23. The second-order valence-electron chi connectivity index (χ2n) is 4.23. The van der Waals surface area contributed by atoms with Crippen molar-refractivity contribution in [3.8, 4) is 0 Å². The predicted octanol–water partition coefficient (Wildman–Crippen LogP) is 3.01. The van der Waals surface area contributed by atoms with Crippen molar-refractivity contribution in [2.24, 2.45) is 0 Å². The molecule has 0 unspecified atom stereocenters. The lowest BCUT2D eigenvalue weighted by Gasteiger charge is -2.11. The molecule has 0 amide bonds. The molecule has 0 radical (unpaired) electrons. The zero-order valence-corrected chi connectivity index (χ0v) is 11.6. The summed E-state index contributed by atoms with van der Waals surface area (Å²) in [6.07, 6.45) is 6.88. The van der Waals surface area contributed by atoms with E-state index in [1.54, 1.807) is 19.9 Å². The van der Waals surface area contributed by atoms with Crippen LogP contribution in [0.2, 0.25) is 0 Å². The van der Waals surface area contributed by atoms with Crippen LogP contribution in [0.4, 0.5) is 0 Å². The van der Waals surface area contributed by atoms with E-state index in [9.17, 15) is 9.59 Å². The highest BCUT2D eigenvalue weighted by molar-refractivity contribution is 5.82. The number of ether oxygens (including phenoxy) is 2. The van der Waals surface area contributed by atoms with E-state index in [-0.39, 0.29) is 12.4 Å². The number of carbonyl (C=O) groups excluding carboxylic acids is 2. The highest BCUT2D eigenvalue weighted by atomic mass is 16.6. The smallest absolute Gasteiger partial charge is 0.330 e. The molecule has 104 valence electrons. The lowest BCUT2D eigenvalue weighted by molar-refractivity contribution is -0.151. The summed E-state index contributed by atoms with van der Waals surface area (Å²) >= 11 is 0. The molecular weight excluding hydrogens is 232 g/mol. The number of hydrogen-bond acceptors (Lipinski definition) is 4. The minimum Gasteiger partial charge on any atom is -0.466 e. The molecule has 0 aliphatic carbocycles. The Balaban J connectivity index is 3.64. The summed E-state index contributed by atoms with van der Waals surface area (Å²) in [7, 11) is 0. The minimum atomic E-state index is -0.447. The Hall–Kier alpha value is -1.32. The van der Waals surface area contributed by atoms with E-state index in [0.717, 1.165) is 25.7 Å². The van der Waals surface area contributed by atoms with Gasteiger partial charge >= 0.3 is 11.9 Å². The standard InChI is InChI=1S/C14H24O4/c1-4-6-7-8-10-17-14(16)11-12(3)18-13(15)9-5-2/h5,9,12H,4,6-8,10-11H2,1-3H3/b9-5+/t12-/m1/s1. The van der Waals surface area contributed by atoms with Crippen LogP contribution in [0, 0.1) is 0 Å². The number of hydrogen-bond donors (Lipinski definition) is 0.